The molecule has 0 aliphatic carbocycles. The third kappa shape index (κ3) is 4.66. The zero-order valence-corrected chi connectivity index (χ0v) is 14.8. The molecule has 0 spiro atoms. The molecule has 134 valence electrons. The maximum absolute atomic E-state index is 12.1. The van der Waals surface area contributed by atoms with Gasteiger partial charge in [0.25, 0.3) is 0 Å². The van der Waals surface area contributed by atoms with Crippen LogP contribution >= 0.6 is 0 Å². The van der Waals surface area contributed by atoms with Gasteiger partial charge >= 0.3 is 0 Å². The molecule has 0 radical (unpaired) electrons. The summed E-state index contributed by atoms with van der Waals surface area (Å²) in [6, 6.07) is 13.5. The first-order valence-electron chi connectivity index (χ1n) is 8.45. The highest BCUT2D eigenvalue weighted by Gasteiger charge is 2.07. The predicted molar refractivity (Wildman–Crippen MR) is 98.4 cm³/mol. The van der Waals surface area contributed by atoms with E-state index in [1.165, 1.54) is 6.33 Å². The zero-order valence-electron chi connectivity index (χ0n) is 14.8. The van der Waals surface area contributed by atoms with E-state index in [1.807, 2.05) is 56.3 Å². The van der Waals surface area contributed by atoms with Gasteiger partial charge in [-0.15, -0.1) is 5.10 Å². The topological polar surface area (TPSA) is 81.9 Å². The van der Waals surface area contributed by atoms with E-state index in [1.54, 1.807) is 4.68 Å². The van der Waals surface area contributed by atoms with E-state index in [9.17, 15) is 4.79 Å². The number of aryl methyl sites for hydroxylation is 2. The summed E-state index contributed by atoms with van der Waals surface area (Å²) in [5, 5.41) is 14.0. The number of nitrogens with zero attached hydrogens (tertiary/aromatic N) is 4. The van der Waals surface area contributed by atoms with Crippen molar-refractivity contribution >= 4 is 11.6 Å². The van der Waals surface area contributed by atoms with Gasteiger partial charge in [-0.05, 0) is 72.2 Å². The van der Waals surface area contributed by atoms with E-state index < -0.39 is 0 Å². The van der Waals surface area contributed by atoms with Gasteiger partial charge < -0.3 is 10.1 Å². The Labute approximate surface area is 152 Å². The summed E-state index contributed by atoms with van der Waals surface area (Å²) >= 11 is 0. The van der Waals surface area contributed by atoms with Crippen molar-refractivity contribution in [1.29, 1.82) is 0 Å². The van der Waals surface area contributed by atoms with E-state index in [0.717, 1.165) is 28.3 Å². The van der Waals surface area contributed by atoms with Crippen molar-refractivity contribution in [3.63, 3.8) is 0 Å². The largest absolute Gasteiger partial charge is 0.494 e. The highest BCUT2D eigenvalue weighted by atomic mass is 16.5. The Balaban J connectivity index is 1.47. The monoisotopic (exact) mass is 351 g/mol. The van der Waals surface area contributed by atoms with Crippen LogP contribution in [0, 0.1) is 13.8 Å². The molecule has 0 unspecified atom stereocenters. The third-order valence-corrected chi connectivity index (χ3v) is 3.88. The number of ether oxygens (including phenoxy) is 1. The van der Waals surface area contributed by atoms with E-state index in [0.29, 0.717) is 19.4 Å². The van der Waals surface area contributed by atoms with Crippen molar-refractivity contribution in [2.75, 3.05) is 11.9 Å². The van der Waals surface area contributed by atoms with Crippen molar-refractivity contribution in [1.82, 2.24) is 20.2 Å². The minimum Gasteiger partial charge on any atom is -0.494 e. The molecule has 0 saturated carbocycles. The number of benzene rings is 2. The second-order valence-corrected chi connectivity index (χ2v) is 6.07. The second kappa shape index (κ2) is 8.24. The number of tetrazole rings is 1. The van der Waals surface area contributed by atoms with Gasteiger partial charge in [-0.1, -0.05) is 12.1 Å². The summed E-state index contributed by atoms with van der Waals surface area (Å²) in [6.07, 6.45) is 2.59. The standard InChI is InChI=1S/C19H21N5O2/c1-14-5-3-6-17(11-14)26-10-4-7-19(25)21-16-8-9-18(15(2)12-16)24-13-20-22-23-24/h3,5-6,8-9,11-13H,4,7,10H2,1-2H3,(H,21,25). The first kappa shape index (κ1) is 17.6. The zero-order chi connectivity index (χ0) is 18.4. The van der Waals surface area contributed by atoms with Crippen LogP contribution in [0.25, 0.3) is 5.69 Å². The smallest absolute Gasteiger partial charge is 0.224 e. The molecule has 0 fully saturated rings. The molecule has 0 aliphatic heterocycles. The number of amides is 1. The van der Waals surface area contributed by atoms with Crippen LogP contribution < -0.4 is 10.1 Å². The molecular formula is C19H21N5O2. The van der Waals surface area contributed by atoms with Crippen molar-refractivity contribution < 1.29 is 9.53 Å². The van der Waals surface area contributed by atoms with Crippen LogP contribution in [0.4, 0.5) is 5.69 Å². The Hall–Kier alpha value is -3.22. The van der Waals surface area contributed by atoms with Crippen LogP contribution in [0.1, 0.15) is 24.0 Å². The van der Waals surface area contributed by atoms with Gasteiger partial charge in [0, 0.05) is 12.1 Å². The molecule has 7 heteroatoms. The van der Waals surface area contributed by atoms with Crippen molar-refractivity contribution in [2.24, 2.45) is 0 Å². The van der Waals surface area contributed by atoms with Crippen LogP contribution in [0.15, 0.2) is 48.8 Å². The molecule has 0 aliphatic rings. The quantitative estimate of drug-likeness (QED) is 0.662. The van der Waals surface area contributed by atoms with Crippen molar-refractivity contribution in [2.45, 2.75) is 26.7 Å². The van der Waals surface area contributed by atoms with Gasteiger partial charge in [0.1, 0.15) is 12.1 Å². The molecule has 1 N–H and O–H groups in total. The van der Waals surface area contributed by atoms with Gasteiger partial charge in [0.05, 0.1) is 12.3 Å². The fraction of sp³-hybridized carbons (Fsp3) is 0.263. The first-order chi connectivity index (χ1) is 12.6. The summed E-state index contributed by atoms with van der Waals surface area (Å²) in [4.78, 5) is 12.1. The first-order valence-corrected chi connectivity index (χ1v) is 8.45. The minimum absolute atomic E-state index is 0.0348. The molecule has 0 saturated heterocycles. The van der Waals surface area contributed by atoms with Gasteiger partial charge in [0.15, 0.2) is 0 Å². The average Bonchev–Trinajstić information content (AvgIpc) is 3.13. The summed E-state index contributed by atoms with van der Waals surface area (Å²) in [6.45, 7) is 4.48. The van der Waals surface area contributed by atoms with E-state index in [4.69, 9.17) is 4.74 Å². The molecule has 26 heavy (non-hydrogen) atoms. The Bertz CT molecular complexity index is 877. The molecule has 3 rings (SSSR count). The van der Waals surface area contributed by atoms with Crippen molar-refractivity contribution in [3.8, 4) is 11.4 Å². The highest BCUT2D eigenvalue weighted by molar-refractivity contribution is 5.90. The summed E-state index contributed by atoms with van der Waals surface area (Å²) in [5.74, 6) is 0.798. The fourth-order valence-electron chi connectivity index (χ4n) is 2.61. The van der Waals surface area contributed by atoms with E-state index >= 15 is 0 Å². The third-order valence-electron chi connectivity index (χ3n) is 3.88. The lowest BCUT2D eigenvalue weighted by molar-refractivity contribution is -0.116. The lowest BCUT2D eigenvalue weighted by Crippen LogP contribution is -2.13. The number of nitrogens with one attached hydrogen (secondary N) is 1. The summed E-state index contributed by atoms with van der Waals surface area (Å²) in [5.41, 5.74) is 3.75. The number of anilines is 1. The molecule has 3 aromatic rings. The molecule has 2 aromatic carbocycles. The van der Waals surface area contributed by atoms with E-state index in [-0.39, 0.29) is 5.91 Å². The number of rotatable bonds is 7. The average molecular weight is 351 g/mol. The number of hydrogen-bond acceptors (Lipinski definition) is 5. The lowest BCUT2D eigenvalue weighted by Gasteiger charge is -2.10. The summed E-state index contributed by atoms with van der Waals surface area (Å²) in [7, 11) is 0. The SMILES string of the molecule is Cc1cccc(OCCCC(=O)Nc2ccc(-n3cnnn3)c(C)c2)c1. The number of aromatic nitrogens is 4. The predicted octanol–water partition coefficient (Wildman–Crippen LogP) is 3.08. The van der Waals surface area contributed by atoms with Crippen molar-refractivity contribution in [3.05, 3.63) is 59.9 Å². The number of hydrogen-bond donors (Lipinski definition) is 1. The molecule has 0 atom stereocenters. The van der Waals surface area contributed by atoms with Gasteiger partial charge in [0.2, 0.25) is 5.91 Å². The van der Waals surface area contributed by atoms with Gasteiger partial charge in [-0.25, -0.2) is 4.68 Å². The highest BCUT2D eigenvalue weighted by Crippen LogP contribution is 2.18. The van der Waals surface area contributed by atoms with E-state index in [2.05, 4.69) is 20.8 Å². The maximum Gasteiger partial charge on any atom is 0.224 e. The minimum atomic E-state index is -0.0348. The normalized spacial score (nSPS) is 10.5. The lowest BCUT2D eigenvalue weighted by atomic mass is 10.1. The number of carbonyl (C=O) groups excluding carboxylic acids is 1. The Morgan fingerprint density at radius 2 is 2.08 bits per heavy atom. The Morgan fingerprint density at radius 3 is 2.81 bits per heavy atom. The Kier molecular flexibility index (Phi) is 5.58. The summed E-state index contributed by atoms with van der Waals surface area (Å²) < 4.78 is 7.25. The van der Waals surface area contributed by atoms with Crippen LogP contribution in [0.2, 0.25) is 0 Å². The maximum atomic E-state index is 12.1. The van der Waals surface area contributed by atoms with Gasteiger partial charge in [-0.2, -0.15) is 0 Å². The fourth-order valence-corrected chi connectivity index (χ4v) is 2.61. The van der Waals surface area contributed by atoms with Crippen LogP contribution in [-0.2, 0) is 4.79 Å². The molecule has 1 heterocycles. The number of carbonyl (C=O) groups is 1. The Morgan fingerprint density at radius 1 is 1.19 bits per heavy atom. The van der Waals surface area contributed by atoms with Crippen LogP contribution in [0.3, 0.4) is 0 Å². The molecular weight excluding hydrogens is 330 g/mol. The molecule has 7 nitrogen and oxygen atoms in total. The van der Waals surface area contributed by atoms with Crippen LogP contribution in [-0.4, -0.2) is 32.7 Å². The molecule has 1 aromatic heterocycles. The molecule has 0 bridgehead atoms. The van der Waals surface area contributed by atoms with Crippen LogP contribution in [0.5, 0.6) is 5.75 Å². The molecule has 1 amide bonds. The van der Waals surface area contributed by atoms with Gasteiger partial charge in [-0.3, -0.25) is 4.79 Å². The second-order valence-electron chi connectivity index (χ2n) is 6.07.